The fourth-order valence-electron chi connectivity index (χ4n) is 2.80. The van der Waals surface area contributed by atoms with E-state index < -0.39 is 0 Å². The zero-order valence-corrected chi connectivity index (χ0v) is 14.8. The van der Waals surface area contributed by atoms with Gasteiger partial charge in [-0.05, 0) is 48.8 Å². The monoisotopic (exact) mass is 352 g/mol. The second-order valence-electron chi connectivity index (χ2n) is 6.57. The summed E-state index contributed by atoms with van der Waals surface area (Å²) in [6.07, 6.45) is 0. The molecule has 4 N–H and O–H groups in total. The molecule has 136 valence electrons. The summed E-state index contributed by atoms with van der Waals surface area (Å²) in [5.41, 5.74) is 2.35. The second kappa shape index (κ2) is 8.49. The van der Waals surface area contributed by atoms with Crippen molar-refractivity contribution < 1.29 is 9.59 Å². The smallest absolute Gasteiger partial charge is 0.323 e. The van der Waals surface area contributed by atoms with E-state index in [1.54, 1.807) is 0 Å². The second-order valence-corrected chi connectivity index (χ2v) is 6.57. The van der Waals surface area contributed by atoms with Gasteiger partial charge in [0.1, 0.15) is 0 Å². The predicted molar refractivity (Wildman–Crippen MR) is 103 cm³/mol. The number of carbonyl (C=O) groups is 2. The molecule has 1 unspecified atom stereocenters. The zero-order valence-electron chi connectivity index (χ0n) is 14.8. The van der Waals surface area contributed by atoms with Crippen LogP contribution < -0.4 is 21.3 Å². The molecule has 2 aromatic rings. The summed E-state index contributed by atoms with van der Waals surface area (Å²) in [4.78, 5) is 24.3. The van der Waals surface area contributed by atoms with Gasteiger partial charge < -0.3 is 21.3 Å². The number of para-hydroxylation sites is 1. The van der Waals surface area contributed by atoms with Gasteiger partial charge in [0.05, 0.1) is 0 Å². The summed E-state index contributed by atoms with van der Waals surface area (Å²) < 4.78 is 0. The van der Waals surface area contributed by atoms with Crippen LogP contribution >= 0.6 is 0 Å². The van der Waals surface area contributed by atoms with Crippen molar-refractivity contribution in [2.75, 3.05) is 23.7 Å². The predicted octanol–water partition coefficient (Wildman–Crippen LogP) is 2.80. The number of urea groups is 1. The summed E-state index contributed by atoms with van der Waals surface area (Å²) in [7, 11) is 0. The Hall–Kier alpha value is -2.86. The molecule has 0 spiro atoms. The molecule has 0 radical (unpaired) electrons. The molecule has 1 aliphatic rings. The van der Waals surface area contributed by atoms with E-state index in [1.807, 2.05) is 61.5 Å². The minimum Gasteiger partial charge on any atom is -0.352 e. The lowest BCUT2D eigenvalue weighted by Crippen LogP contribution is -2.49. The maximum Gasteiger partial charge on any atom is 0.323 e. The van der Waals surface area contributed by atoms with Crippen molar-refractivity contribution in [1.29, 1.82) is 0 Å². The topological polar surface area (TPSA) is 82.3 Å². The molecule has 1 aliphatic heterocycles. The van der Waals surface area contributed by atoms with Gasteiger partial charge in [-0.15, -0.1) is 0 Å². The van der Waals surface area contributed by atoms with Crippen molar-refractivity contribution in [3.05, 3.63) is 60.2 Å². The first kappa shape index (κ1) is 17.9. The average molecular weight is 352 g/mol. The minimum absolute atomic E-state index is 0.00853. The van der Waals surface area contributed by atoms with E-state index >= 15 is 0 Å². The summed E-state index contributed by atoms with van der Waals surface area (Å²) in [5, 5.41) is 11.7. The number of rotatable bonds is 6. The lowest BCUT2D eigenvalue weighted by Gasteiger charge is -2.31. The van der Waals surface area contributed by atoms with Crippen LogP contribution in [0.25, 0.3) is 0 Å². The lowest BCUT2D eigenvalue weighted by molar-refractivity contribution is -0.126. The van der Waals surface area contributed by atoms with Crippen molar-refractivity contribution in [3.8, 4) is 0 Å². The first-order valence-electron chi connectivity index (χ1n) is 8.82. The van der Waals surface area contributed by atoms with Gasteiger partial charge >= 0.3 is 6.03 Å². The van der Waals surface area contributed by atoms with Crippen LogP contribution in [-0.4, -0.2) is 25.0 Å². The van der Waals surface area contributed by atoms with E-state index in [0.29, 0.717) is 18.2 Å². The molecule has 3 rings (SSSR count). The van der Waals surface area contributed by atoms with E-state index in [4.69, 9.17) is 0 Å². The van der Waals surface area contributed by atoms with Gasteiger partial charge in [-0.3, -0.25) is 4.79 Å². The van der Waals surface area contributed by atoms with Crippen molar-refractivity contribution >= 4 is 23.3 Å². The van der Waals surface area contributed by atoms with Crippen molar-refractivity contribution in [2.45, 2.75) is 13.5 Å². The average Bonchev–Trinajstić information content (AvgIpc) is 2.59. The van der Waals surface area contributed by atoms with Crippen LogP contribution in [0.3, 0.4) is 0 Å². The highest BCUT2D eigenvalue weighted by molar-refractivity contribution is 5.99. The quantitative estimate of drug-likeness (QED) is 0.645. The summed E-state index contributed by atoms with van der Waals surface area (Å²) in [6, 6.07) is 16.4. The molecular formula is C20H24N4O2. The summed E-state index contributed by atoms with van der Waals surface area (Å²) in [5.74, 6) is 0.496. The van der Waals surface area contributed by atoms with Crippen LogP contribution in [-0.2, 0) is 11.3 Å². The molecule has 0 aromatic heterocycles. The van der Waals surface area contributed by atoms with E-state index in [1.165, 1.54) is 0 Å². The number of hydrogen-bond acceptors (Lipinski definition) is 3. The Balaban J connectivity index is 1.51. The number of hydrogen-bond donors (Lipinski definition) is 4. The van der Waals surface area contributed by atoms with Crippen molar-refractivity contribution in [3.63, 3.8) is 0 Å². The molecule has 2 aromatic carbocycles. The largest absolute Gasteiger partial charge is 0.352 e. The van der Waals surface area contributed by atoms with Gasteiger partial charge in [0.25, 0.3) is 0 Å². The Morgan fingerprint density at radius 1 is 1.04 bits per heavy atom. The number of nitrogens with one attached hydrogen (secondary N) is 4. The van der Waals surface area contributed by atoms with Crippen molar-refractivity contribution in [2.24, 2.45) is 11.8 Å². The molecule has 6 nitrogen and oxygen atoms in total. The molecule has 3 amide bonds. The van der Waals surface area contributed by atoms with E-state index in [2.05, 4.69) is 21.3 Å². The lowest BCUT2D eigenvalue weighted by atomic mass is 9.88. The Morgan fingerprint density at radius 3 is 2.42 bits per heavy atom. The molecule has 0 bridgehead atoms. The standard InChI is InChI=1S/C20H24N4O2/c1-14(16-12-21-13-16)19(25)22-11-15-6-5-9-18(10-15)24-20(26)23-17-7-3-2-4-8-17/h2-10,14,16,21H,11-13H2,1H3,(H,22,25)(H2,23,24,26). The number of carbonyl (C=O) groups excluding carboxylic acids is 2. The summed E-state index contributed by atoms with van der Waals surface area (Å²) >= 11 is 0. The third kappa shape index (κ3) is 4.83. The maximum absolute atomic E-state index is 12.2. The molecule has 1 atom stereocenters. The Labute approximate surface area is 153 Å². The van der Waals surface area contributed by atoms with Crippen LogP contribution in [0.15, 0.2) is 54.6 Å². The van der Waals surface area contributed by atoms with Gasteiger partial charge in [-0.2, -0.15) is 0 Å². The SMILES string of the molecule is CC(C(=O)NCc1cccc(NC(=O)Nc2ccccc2)c1)C1CNC1. The van der Waals surface area contributed by atoms with Crippen LogP contribution in [0.1, 0.15) is 12.5 Å². The highest BCUT2D eigenvalue weighted by Crippen LogP contribution is 2.16. The number of anilines is 2. The third-order valence-corrected chi connectivity index (χ3v) is 4.62. The highest BCUT2D eigenvalue weighted by Gasteiger charge is 2.28. The molecule has 0 aliphatic carbocycles. The van der Waals surface area contributed by atoms with Gasteiger partial charge in [0, 0.05) is 23.8 Å². The highest BCUT2D eigenvalue weighted by atomic mass is 16.2. The fourth-order valence-corrected chi connectivity index (χ4v) is 2.80. The van der Waals surface area contributed by atoms with Gasteiger partial charge in [-0.1, -0.05) is 37.3 Å². The van der Waals surface area contributed by atoms with Crippen LogP contribution in [0.5, 0.6) is 0 Å². The van der Waals surface area contributed by atoms with Crippen LogP contribution in [0.4, 0.5) is 16.2 Å². The maximum atomic E-state index is 12.2. The van der Waals surface area contributed by atoms with Gasteiger partial charge in [0.15, 0.2) is 0 Å². The summed E-state index contributed by atoms with van der Waals surface area (Å²) in [6.45, 7) is 4.22. The Bertz CT molecular complexity index is 759. The number of amides is 3. The molecular weight excluding hydrogens is 328 g/mol. The zero-order chi connectivity index (χ0) is 18.4. The van der Waals surface area contributed by atoms with Crippen LogP contribution in [0, 0.1) is 11.8 Å². The molecule has 1 heterocycles. The molecule has 1 fully saturated rings. The molecule has 26 heavy (non-hydrogen) atoms. The first-order chi connectivity index (χ1) is 12.6. The number of benzene rings is 2. The van der Waals surface area contributed by atoms with Gasteiger partial charge in [-0.25, -0.2) is 4.79 Å². The Morgan fingerprint density at radius 2 is 1.73 bits per heavy atom. The van der Waals surface area contributed by atoms with Gasteiger partial charge in [0.2, 0.25) is 5.91 Å². The minimum atomic E-state index is -0.302. The first-order valence-corrected chi connectivity index (χ1v) is 8.82. The fraction of sp³-hybridized carbons (Fsp3) is 0.300. The third-order valence-electron chi connectivity index (χ3n) is 4.62. The van der Waals surface area contributed by atoms with E-state index in [9.17, 15) is 9.59 Å². The molecule has 0 saturated carbocycles. The van der Waals surface area contributed by atoms with Crippen molar-refractivity contribution in [1.82, 2.24) is 10.6 Å². The van der Waals surface area contributed by atoms with E-state index in [-0.39, 0.29) is 17.9 Å². The van der Waals surface area contributed by atoms with Crippen LogP contribution in [0.2, 0.25) is 0 Å². The molecule has 6 heteroatoms. The van der Waals surface area contributed by atoms with E-state index in [0.717, 1.165) is 24.3 Å². The Kier molecular flexibility index (Phi) is 5.86. The normalized spacial score (nSPS) is 14.8. The molecule has 1 saturated heterocycles.